The zero-order valence-corrected chi connectivity index (χ0v) is 22.4. The second kappa shape index (κ2) is 9.63. The second-order valence-corrected chi connectivity index (χ2v) is 16.8. The minimum atomic E-state index is -1.73. The van der Waals surface area contributed by atoms with Gasteiger partial charge in [-0.05, 0) is 79.8 Å². The van der Waals surface area contributed by atoms with E-state index in [9.17, 15) is 5.11 Å². The SMILES string of the molecule is CCC(O)(/C=C/C=C/[C@@H](C)C1CCC2[C@@H](O[Si](C)(C)C(C)(C)C)CCCC12C)CC. The van der Waals surface area contributed by atoms with Crippen molar-refractivity contribution >= 4 is 8.32 Å². The van der Waals surface area contributed by atoms with Crippen molar-refractivity contribution in [1.82, 2.24) is 0 Å². The summed E-state index contributed by atoms with van der Waals surface area (Å²) < 4.78 is 6.99. The Bertz CT molecular complexity index is 611. The summed E-state index contributed by atoms with van der Waals surface area (Å²) in [6.45, 7) is 21.0. The standard InChI is InChI=1S/C27H50O2Si/c1-10-27(28,11-2)20-13-12-15-21(3)22-17-18-23-24(16-14-19-26(22,23)7)29-30(8,9)25(4,5)6/h12-13,15,20-24,28H,10-11,14,16-19H2,1-9H3/b15-12+,20-13+/t21-,22?,23?,24+,26?/m1/s1. The van der Waals surface area contributed by atoms with Crippen LogP contribution in [0.4, 0.5) is 0 Å². The predicted molar refractivity (Wildman–Crippen MR) is 133 cm³/mol. The lowest BCUT2D eigenvalue weighted by atomic mass is 9.62. The maximum Gasteiger partial charge on any atom is 0.192 e. The summed E-state index contributed by atoms with van der Waals surface area (Å²) in [5.74, 6) is 2.00. The molecule has 2 aliphatic carbocycles. The van der Waals surface area contributed by atoms with Gasteiger partial charge in [-0.2, -0.15) is 0 Å². The van der Waals surface area contributed by atoms with Gasteiger partial charge >= 0.3 is 0 Å². The molecule has 3 unspecified atom stereocenters. The Hall–Kier alpha value is -0.383. The van der Waals surface area contributed by atoms with Gasteiger partial charge in [-0.15, -0.1) is 0 Å². The number of aliphatic hydroxyl groups is 1. The molecular weight excluding hydrogens is 384 g/mol. The molecule has 2 nitrogen and oxygen atoms in total. The van der Waals surface area contributed by atoms with Crippen molar-refractivity contribution in [3.63, 3.8) is 0 Å². The lowest BCUT2D eigenvalue weighted by molar-refractivity contribution is -0.0162. The van der Waals surface area contributed by atoms with Crippen molar-refractivity contribution in [2.75, 3.05) is 0 Å². The van der Waals surface area contributed by atoms with Crippen LogP contribution in [0, 0.1) is 23.2 Å². The van der Waals surface area contributed by atoms with Crippen LogP contribution in [0.1, 0.15) is 93.4 Å². The largest absolute Gasteiger partial charge is 0.414 e. The average Bonchev–Trinajstić information content (AvgIpc) is 3.02. The molecule has 0 saturated heterocycles. The van der Waals surface area contributed by atoms with E-state index in [0.29, 0.717) is 23.4 Å². The van der Waals surface area contributed by atoms with E-state index in [1.807, 2.05) is 19.9 Å². The Morgan fingerprint density at radius 1 is 1.10 bits per heavy atom. The van der Waals surface area contributed by atoms with Crippen LogP contribution in [0.2, 0.25) is 18.1 Å². The van der Waals surface area contributed by atoms with Gasteiger partial charge in [0.05, 0.1) is 5.60 Å². The van der Waals surface area contributed by atoms with Crippen molar-refractivity contribution in [2.45, 2.75) is 123 Å². The number of hydrogen-bond acceptors (Lipinski definition) is 2. The fraction of sp³-hybridized carbons (Fsp3) is 0.852. The molecule has 0 aromatic heterocycles. The highest BCUT2D eigenvalue weighted by Gasteiger charge is 2.54. The summed E-state index contributed by atoms with van der Waals surface area (Å²) in [6, 6.07) is 0. The molecule has 0 aliphatic heterocycles. The molecule has 0 bridgehead atoms. The van der Waals surface area contributed by atoms with E-state index >= 15 is 0 Å². The molecule has 2 saturated carbocycles. The maximum atomic E-state index is 10.4. The van der Waals surface area contributed by atoms with Crippen LogP contribution in [-0.4, -0.2) is 25.1 Å². The minimum absolute atomic E-state index is 0.278. The third-order valence-corrected chi connectivity index (χ3v) is 13.7. The normalized spacial score (nSPS) is 32.1. The first kappa shape index (κ1) is 25.9. The lowest BCUT2D eigenvalue weighted by Crippen LogP contribution is -2.50. The summed E-state index contributed by atoms with van der Waals surface area (Å²) in [4.78, 5) is 0. The molecule has 5 atom stereocenters. The van der Waals surface area contributed by atoms with Crippen LogP contribution >= 0.6 is 0 Å². The number of fused-ring (bicyclic) bond motifs is 1. The summed E-state index contributed by atoms with van der Waals surface area (Å²) in [6.07, 6.45) is 17.1. The average molecular weight is 435 g/mol. The van der Waals surface area contributed by atoms with Gasteiger partial charge in [0, 0.05) is 6.10 Å². The van der Waals surface area contributed by atoms with E-state index in [-0.39, 0.29) is 5.04 Å². The first-order valence-corrected chi connectivity index (χ1v) is 15.5. The van der Waals surface area contributed by atoms with Crippen molar-refractivity contribution in [2.24, 2.45) is 23.2 Å². The van der Waals surface area contributed by atoms with Crippen LogP contribution in [0.25, 0.3) is 0 Å². The third-order valence-electron chi connectivity index (χ3n) is 9.18. The highest BCUT2D eigenvalue weighted by Crippen LogP contribution is 2.59. The molecule has 3 heteroatoms. The fourth-order valence-electron chi connectivity index (χ4n) is 5.81. The number of rotatable bonds is 8. The van der Waals surface area contributed by atoms with Gasteiger partial charge in [-0.25, -0.2) is 0 Å². The molecule has 0 aromatic rings. The minimum Gasteiger partial charge on any atom is -0.414 e. The van der Waals surface area contributed by atoms with Crippen LogP contribution in [-0.2, 0) is 4.43 Å². The van der Waals surface area contributed by atoms with Gasteiger partial charge in [-0.1, -0.05) is 79.2 Å². The fourth-order valence-corrected chi connectivity index (χ4v) is 7.21. The molecule has 0 heterocycles. The first-order valence-electron chi connectivity index (χ1n) is 12.6. The second-order valence-electron chi connectivity index (χ2n) is 12.0. The van der Waals surface area contributed by atoms with Crippen LogP contribution in [0.3, 0.4) is 0 Å². The van der Waals surface area contributed by atoms with Gasteiger partial charge < -0.3 is 9.53 Å². The molecule has 2 fully saturated rings. The molecule has 0 aromatic carbocycles. The monoisotopic (exact) mass is 434 g/mol. The summed E-state index contributed by atoms with van der Waals surface area (Å²) in [5.41, 5.74) is -0.262. The van der Waals surface area contributed by atoms with Gasteiger partial charge in [0.25, 0.3) is 0 Å². The smallest absolute Gasteiger partial charge is 0.192 e. The molecule has 1 N–H and O–H groups in total. The first-order chi connectivity index (χ1) is 13.8. The van der Waals surface area contributed by atoms with E-state index in [1.54, 1.807) is 0 Å². The quantitative estimate of drug-likeness (QED) is 0.311. The van der Waals surface area contributed by atoms with Gasteiger partial charge in [-0.3, -0.25) is 0 Å². The van der Waals surface area contributed by atoms with E-state index in [2.05, 4.69) is 65.9 Å². The van der Waals surface area contributed by atoms with Crippen molar-refractivity contribution in [3.8, 4) is 0 Å². The number of hydrogen-bond donors (Lipinski definition) is 1. The van der Waals surface area contributed by atoms with Gasteiger partial charge in [0.2, 0.25) is 0 Å². The molecule has 0 amide bonds. The molecular formula is C27H50O2Si. The highest BCUT2D eigenvalue weighted by atomic mass is 28.4. The van der Waals surface area contributed by atoms with Crippen molar-refractivity contribution in [3.05, 3.63) is 24.3 Å². The topological polar surface area (TPSA) is 29.5 Å². The lowest BCUT2D eigenvalue weighted by Gasteiger charge is -2.49. The Morgan fingerprint density at radius 2 is 1.73 bits per heavy atom. The third kappa shape index (κ3) is 5.50. The van der Waals surface area contributed by atoms with Crippen molar-refractivity contribution < 1.29 is 9.53 Å². The summed E-state index contributed by atoms with van der Waals surface area (Å²) >= 11 is 0. The van der Waals surface area contributed by atoms with Crippen LogP contribution in [0.5, 0.6) is 0 Å². The highest BCUT2D eigenvalue weighted by molar-refractivity contribution is 6.74. The molecule has 2 aliphatic rings. The van der Waals surface area contributed by atoms with Crippen molar-refractivity contribution in [1.29, 1.82) is 0 Å². The Labute approximate surface area is 188 Å². The van der Waals surface area contributed by atoms with Crippen LogP contribution < -0.4 is 0 Å². The zero-order valence-electron chi connectivity index (χ0n) is 21.4. The Kier molecular flexibility index (Phi) is 8.30. The van der Waals surface area contributed by atoms with Crippen LogP contribution in [0.15, 0.2) is 24.3 Å². The van der Waals surface area contributed by atoms with Gasteiger partial charge in [0.1, 0.15) is 0 Å². The zero-order chi connectivity index (χ0) is 22.8. The molecule has 0 radical (unpaired) electrons. The van der Waals surface area contributed by atoms with E-state index < -0.39 is 13.9 Å². The molecule has 174 valence electrons. The van der Waals surface area contributed by atoms with Gasteiger partial charge in [0.15, 0.2) is 8.32 Å². The summed E-state index contributed by atoms with van der Waals surface area (Å²) in [7, 11) is -1.73. The Morgan fingerprint density at radius 3 is 2.30 bits per heavy atom. The molecule has 2 rings (SSSR count). The maximum absolute atomic E-state index is 10.4. The predicted octanol–water partition coefficient (Wildman–Crippen LogP) is 7.89. The van der Waals surface area contributed by atoms with E-state index in [1.165, 1.54) is 32.1 Å². The number of allylic oxidation sites excluding steroid dienone is 3. The molecule has 30 heavy (non-hydrogen) atoms. The molecule has 0 spiro atoms. The summed E-state index contributed by atoms with van der Waals surface area (Å²) in [5, 5.41) is 10.7. The van der Waals surface area contributed by atoms with E-state index in [4.69, 9.17) is 4.43 Å². The van der Waals surface area contributed by atoms with E-state index in [0.717, 1.165) is 18.8 Å². The Balaban J connectivity index is 2.09.